The van der Waals surface area contributed by atoms with Crippen LogP contribution in [-0.4, -0.2) is 108 Å². The number of nitrogens with zero attached hydrogens (tertiary/aromatic N) is 3. The van der Waals surface area contributed by atoms with Crippen LogP contribution in [0, 0.1) is 17.8 Å². The fourth-order valence-electron chi connectivity index (χ4n) is 4.70. The monoisotopic (exact) mass is 775 g/mol. The van der Waals surface area contributed by atoms with E-state index in [1.54, 1.807) is 41.5 Å². The Balaban J connectivity index is 0. The van der Waals surface area contributed by atoms with Crippen LogP contribution in [0.4, 0.5) is 0 Å². The molecule has 232 valence electrons. The van der Waals surface area contributed by atoms with E-state index in [2.05, 4.69) is 72.4 Å². The Bertz CT molecular complexity index is 719. The van der Waals surface area contributed by atoms with Crippen LogP contribution in [0.25, 0.3) is 0 Å². The second kappa shape index (κ2) is 16.5. The number of hydrogen-bond donors (Lipinski definition) is 0. The van der Waals surface area contributed by atoms with Gasteiger partial charge < -0.3 is 0 Å². The van der Waals surface area contributed by atoms with Crippen molar-refractivity contribution in [2.24, 2.45) is 17.8 Å². The molecule has 0 aromatic heterocycles. The van der Waals surface area contributed by atoms with Gasteiger partial charge in [-0.05, 0) is 0 Å². The fraction of sp³-hybridized carbons (Fsp3) is 0.893. The minimum atomic E-state index is -4.90. The summed E-state index contributed by atoms with van der Waals surface area (Å²) < 4.78 is 24.3. The maximum atomic E-state index is 12.3. The molecule has 39 heavy (non-hydrogen) atoms. The molecule has 0 radical (unpaired) electrons. The van der Waals surface area contributed by atoms with Crippen molar-refractivity contribution < 1.29 is 23.6 Å². The summed E-state index contributed by atoms with van der Waals surface area (Å²) in [6.45, 7) is 22.8. The van der Waals surface area contributed by atoms with Gasteiger partial charge in [0.1, 0.15) is 0 Å². The first-order valence-corrected chi connectivity index (χ1v) is 24.3. The van der Waals surface area contributed by atoms with Gasteiger partial charge >= 0.3 is 253 Å². The van der Waals surface area contributed by atoms with Gasteiger partial charge in [0.05, 0.1) is 0 Å². The zero-order valence-corrected chi connectivity index (χ0v) is 34.1. The van der Waals surface area contributed by atoms with Gasteiger partial charge in [-0.2, -0.15) is 0 Å². The quantitative estimate of drug-likeness (QED) is 0.225. The third-order valence-corrected chi connectivity index (χ3v) is 34.1. The number of carbonyl (C=O) groups is 3. The molecule has 11 heteroatoms. The van der Waals surface area contributed by atoms with Crippen LogP contribution in [0.5, 0.6) is 0 Å². The molecule has 0 rings (SSSR count). The summed E-state index contributed by atoms with van der Waals surface area (Å²) in [5, 5.41) is 0. The molecule has 0 N–H and O–H groups in total. The van der Waals surface area contributed by atoms with Crippen molar-refractivity contribution in [3.8, 4) is 0 Å². The molecule has 9 nitrogen and oxygen atoms in total. The van der Waals surface area contributed by atoms with E-state index in [4.69, 9.17) is 9.22 Å². The van der Waals surface area contributed by atoms with Crippen molar-refractivity contribution in [2.75, 3.05) is 42.3 Å². The zero-order valence-electron chi connectivity index (χ0n) is 28.4. The SMILES string of the molecule is CC[C](C)(C)[Sn]([N](C)C)([N](C)C)[N](C)C.CC[C](C)(C)[Sn]([O]C(=O)C(C)C)([O]C(=O)C(C)C)[O]C(=O)C(C)C. The molecular weight excluding hydrogens is 712 g/mol. The summed E-state index contributed by atoms with van der Waals surface area (Å²) >= 11 is -7.53. The van der Waals surface area contributed by atoms with E-state index in [1.165, 1.54) is 6.42 Å². The van der Waals surface area contributed by atoms with Crippen molar-refractivity contribution in [3.63, 3.8) is 0 Å². The molecule has 0 aliphatic rings. The van der Waals surface area contributed by atoms with Gasteiger partial charge in [-0.25, -0.2) is 0 Å². The van der Waals surface area contributed by atoms with Crippen LogP contribution >= 0.6 is 0 Å². The molecule has 0 spiro atoms. The standard InChI is InChI=1S/2C5H11.3C4H8O2.3C2H6N.2Sn/c2*1-4-5(2)3;3*1-3(2)4(5)6;3*1-3-2;;/h2*4H2,1-3H3;3*3H,1-2H3,(H,5,6);3*1-2H3;;/q;;;;;3*-1;2*+3/p-3. The summed E-state index contributed by atoms with van der Waals surface area (Å²) in [4.78, 5) is 36.8. The second-order valence-corrected chi connectivity index (χ2v) is 37.0. The number of carbonyl (C=O) groups excluding carboxylic acids is 3. The van der Waals surface area contributed by atoms with E-state index >= 15 is 0 Å². The van der Waals surface area contributed by atoms with Crippen molar-refractivity contribution in [1.82, 2.24) is 9.36 Å². The molecule has 0 aliphatic heterocycles. The molecule has 0 unspecified atom stereocenters. The molecule has 0 aliphatic carbocycles. The summed E-state index contributed by atoms with van der Waals surface area (Å²) in [5.41, 5.74) is 0. The van der Waals surface area contributed by atoms with Crippen LogP contribution in [0.2, 0.25) is 6.86 Å². The Kier molecular flexibility index (Phi) is 17.4. The van der Waals surface area contributed by atoms with Crippen LogP contribution in [-0.2, 0) is 23.6 Å². The van der Waals surface area contributed by atoms with E-state index in [1.807, 2.05) is 20.8 Å². The summed E-state index contributed by atoms with van der Waals surface area (Å²) in [6.07, 6.45) is 1.78. The predicted molar refractivity (Wildman–Crippen MR) is 164 cm³/mol. The first-order valence-electron chi connectivity index (χ1n) is 14.1. The van der Waals surface area contributed by atoms with Crippen molar-refractivity contribution in [3.05, 3.63) is 0 Å². The van der Waals surface area contributed by atoms with E-state index < -0.39 is 77.9 Å². The van der Waals surface area contributed by atoms with Gasteiger partial charge in [-0.1, -0.05) is 0 Å². The van der Waals surface area contributed by atoms with Gasteiger partial charge in [-0.3, -0.25) is 0 Å². The molecule has 0 atom stereocenters. The van der Waals surface area contributed by atoms with Crippen molar-refractivity contribution in [1.29, 1.82) is 0 Å². The van der Waals surface area contributed by atoms with E-state index in [9.17, 15) is 14.4 Å². The first-order chi connectivity index (χ1) is 17.4. The normalized spacial score (nSPS) is 13.2. The Labute approximate surface area is 251 Å². The first kappa shape index (κ1) is 41.0. The van der Waals surface area contributed by atoms with Crippen LogP contribution in [0.15, 0.2) is 0 Å². The van der Waals surface area contributed by atoms with Crippen LogP contribution in [0.1, 0.15) is 95.9 Å². The second-order valence-electron chi connectivity index (χ2n) is 13.1. The van der Waals surface area contributed by atoms with Crippen molar-refractivity contribution >= 4 is 56.7 Å². The van der Waals surface area contributed by atoms with E-state index in [0.29, 0.717) is 9.85 Å². The molecule has 0 bridgehead atoms. The Morgan fingerprint density at radius 2 is 0.795 bits per heavy atom. The molecule has 0 heterocycles. The summed E-state index contributed by atoms with van der Waals surface area (Å²) in [7, 11) is 13.5. The van der Waals surface area contributed by atoms with Gasteiger partial charge in [0.15, 0.2) is 0 Å². The predicted octanol–water partition coefficient (Wildman–Crippen LogP) is 5.51. The fourth-order valence-corrected chi connectivity index (χ4v) is 31.5. The molecule has 0 fully saturated rings. The molecule has 0 aromatic carbocycles. The Morgan fingerprint density at radius 3 is 0.923 bits per heavy atom. The van der Waals surface area contributed by atoms with Gasteiger partial charge in [0.2, 0.25) is 0 Å². The van der Waals surface area contributed by atoms with Gasteiger partial charge in [-0.15, -0.1) is 0 Å². The molecule has 0 saturated heterocycles. The molecule has 0 amide bonds. The van der Waals surface area contributed by atoms with E-state index in [0.717, 1.165) is 0 Å². The average molecular weight is 773 g/mol. The third kappa shape index (κ3) is 10.3. The van der Waals surface area contributed by atoms with Crippen LogP contribution in [0.3, 0.4) is 0 Å². The average Bonchev–Trinajstić information content (AvgIpc) is 2.78. The molecule has 0 aromatic rings. The Morgan fingerprint density at radius 1 is 0.564 bits per heavy atom. The summed E-state index contributed by atoms with van der Waals surface area (Å²) in [5.74, 6) is -2.78. The molecule has 0 saturated carbocycles. The topological polar surface area (TPSA) is 88.6 Å². The Hall–Kier alpha value is -0.113. The van der Waals surface area contributed by atoms with Crippen molar-refractivity contribution in [2.45, 2.75) is 103 Å². The number of rotatable bonds is 13. The number of hydrogen-bond acceptors (Lipinski definition) is 9. The van der Waals surface area contributed by atoms with Crippen LogP contribution < -0.4 is 0 Å². The third-order valence-electron chi connectivity index (χ3n) is 7.49. The summed E-state index contributed by atoms with van der Waals surface area (Å²) in [6, 6.07) is 0. The van der Waals surface area contributed by atoms with Gasteiger partial charge in [0, 0.05) is 0 Å². The zero-order chi connectivity index (χ0) is 31.7. The minimum absolute atomic E-state index is 0.408. The maximum absolute atomic E-state index is 12.3. The van der Waals surface area contributed by atoms with E-state index in [-0.39, 0.29) is 0 Å². The molecular formula is C28H61N3O6Sn2. The van der Waals surface area contributed by atoms with Gasteiger partial charge in [0.25, 0.3) is 0 Å².